The molecule has 1 fully saturated rings. The number of nitrogens with zero attached hydrogens (tertiary/aromatic N) is 5. The fourth-order valence-electron chi connectivity index (χ4n) is 4.37. The predicted octanol–water partition coefficient (Wildman–Crippen LogP) is 3.08. The molecule has 0 radical (unpaired) electrons. The van der Waals surface area contributed by atoms with Crippen LogP contribution in [0.4, 0.5) is 5.82 Å². The van der Waals surface area contributed by atoms with Crippen molar-refractivity contribution in [2.24, 2.45) is 0 Å². The van der Waals surface area contributed by atoms with Crippen molar-refractivity contribution >= 4 is 11.5 Å². The first-order chi connectivity index (χ1) is 15.5. The van der Waals surface area contributed by atoms with Crippen LogP contribution in [0.5, 0.6) is 11.5 Å². The number of hydrogen-bond donors (Lipinski definition) is 1. The predicted molar refractivity (Wildman–Crippen MR) is 128 cm³/mol. The molecule has 8 heteroatoms. The first-order valence-corrected chi connectivity index (χ1v) is 11.3. The molecule has 1 saturated heterocycles. The monoisotopic (exact) mass is 438 g/mol. The third-order valence-corrected chi connectivity index (χ3v) is 6.21. The minimum atomic E-state index is 0.693. The van der Waals surface area contributed by atoms with Crippen LogP contribution in [-0.2, 0) is 0 Å². The van der Waals surface area contributed by atoms with Crippen molar-refractivity contribution in [1.82, 2.24) is 24.4 Å². The number of methoxy groups -OCH3 is 2. The number of aromatic nitrogens is 3. The van der Waals surface area contributed by atoms with Crippen molar-refractivity contribution < 1.29 is 9.47 Å². The van der Waals surface area contributed by atoms with Crippen LogP contribution < -0.4 is 14.8 Å². The lowest BCUT2D eigenvalue weighted by Crippen LogP contribution is -2.47. The van der Waals surface area contributed by atoms with Crippen LogP contribution in [0.2, 0.25) is 0 Å². The maximum absolute atomic E-state index is 5.51. The van der Waals surface area contributed by atoms with E-state index in [1.54, 1.807) is 14.2 Å². The molecule has 8 nitrogen and oxygen atoms in total. The average Bonchev–Trinajstić information content (AvgIpc) is 3.14. The Balaban J connectivity index is 1.57. The Morgan fingerprint density at radius 3 is 2.38 bits per heavy atom. The molecule has 0 saturated carbocycles. The van der Waals surface area contributed by atoms with Gasteiger partial charge in [0.25, 0.3) is 0 Å². The molecule has 1 N–H and O–H groups in total. The number of ether oxygens (including phenoxy) is 2. The summed E-state index contributed by atoms with van der Waals surface area (Å²) < 4.78 is 12.8. The van der Waals surface area contributed by atoms with Gasteiger partial charge in [0.15, 0.2) is 17.1 Å². The van der Waals surface area contributed by atoms with Gasteiger partial charge in [0.2, 0.25) is 0 Å². The van der Waals surface area contributed by atoms with Gasteiger partial charge < -0.3 is 19.7 Å². The Bertz CT molecular complexity index is 1070. The largest absolute Gasteiger partial charge is 0.493 e. The van der Waals surface area contributed by atoms with Gasteiger partial charge in [0.1, 0.15) is 5.82 Å². The number of likely N-dealkylation sites (N-methyl/N-ethyl adjacent to an activating group) is 1. The fraction of sp³-hybridized carbons (Fsp3) is 0.500. The van der Waals surface area contributed by atoms with Crippen LogP contribution in [-0.4, -0.2) is 84.4 Å². The number of aryl methyl sites for hydroxylation is 2. The fourth-order valence-corrected chi connectivity index (χ4v) is 4.37. The van der Waals surface area contributed by atoms with E-state index < -0.39 is 0 Å². The highest BCUT2D eigenvalue weighted by Gasteiger charge is 2.19. The second-order valence-corrected chi connectivity index (χ2v) is 8.25. The Labute approximate surface area is 190 Å². The van der Waals surface area contributed by atoms with Crippen LogP contribution in [0.3, 0.4) is 0 Å². The summed E-state index contributed by atoms with van der Waals surface area (Å²) in [6.07, 6.45) is 0. The van der Waals surface area contributed by atoms with Crippen molar-refractivity contribution in [1.29, 1.82) is 0 Å². The minimum Gasteiger partial charge on any atom is -0.493 e. The summed E-state index contributed by atoms with van der Waals surface area (Å²) >= 11 is 0. The number of hydrogen-bond acceptors (Lipinski definition) is 7. The SMILES string of the molecule is CCN1CCN(CCNc2cc(C)nc3c(-c4ccc(OC)c(OC)c4)c(C)nn23)CC1. The third-order valence-electron chi connectivity index (χ3n) is 6.21. The maximum Gasteiger partial charge on any atom is 0.165 e. The molecule has 3 aromatic rings. The standard InChI is InChI=1S/C24H34N6O2/c1-6-28-11-13-29(14-12-28)10-9-25-22-15-17(2)26-24-23(18(3)27-30(22)24)19-7-8-20(31-4)21(16-19)32-5/h7-8,15-16,25H,6,9-14H2,1-5H3. The van der Waals surface area contributed by atoms with Gasteiger partial charge in [-0.2, -0.15) is 9.61 Å². The number of nitrogens with one attached hydrogen (secondary N) is 1. The van der Waals surface area contributed by atoms with E-state index in [1.165, 1.54) is 0 Å². The highest BCUT2D eigenvalue weighted by Crippen LogP contribution is 2.35. The van der Waals surface area contributed by atoms with E-state index in [4.69, 9.17) is 19.6 Å². The second kappa shape index (κ2) is 9.75. The lowest BCUT2D eigenvalue weighted by Gasteiger charge is -2.34. The van der Waals surface area contributed by atoms with E-state index in [0.29, 0.717) is 11.5 Å². The van der Waals surface area contributed by atoms with Crippen LogP contribution >= 0.6 is 0 Å². The summed E-state index contributed by atoms with van der Waals surface area (Å²) in [5, 5.41) is 8.41. The highest BCUT2D eigenvalue weighted by molar-refractivity contribution is 5.82. The zero-order valence-corrected chi connectivity index (χ0v) is 19.8. The van der Waals surface area contributed by atoms with Gasteiger partial charge in [0, 0.05) is 56.6 Å². The number of piperazine rings is 1. The molecule has 4 rings (SSSR count). The molecular formula is C24H34N6O2. The molecule has 0 bridgehead atoms. The smallest absolute Gasteiger partial charge is 0.165 e. The van der Waals surface area contributed by atoms with Crippen LogP contribution in [0.15, 0.2) is 24.3 Å². The lowest BCUT2D eigenvalue weighted by atomic mass is 10.1. The molecule has 3 heterocycles. The molecule has 0 aliphatic carbocycles. The molecule has 1 aromatic carbocycles. The Morgan fingerprint density at radius 2 is 1.69 bits per heavy atom. The van der Waals surface area contributed by atoms with E-state index in [0.717, 1.165) is 79.8 Å². The van der Waals surface area contributed by atoms with Gasteiger partial charge in [-0.25, -0.2) is 4.98 Å². The first-order valence-electron chi connectivity index (χ1n) is 11.3. The second-order valence-electron chi connectivity index (χ2n) is 8.25. The molecule has 1 aliphatic heterocycles. The van der Waals surface area contributed by atoms with Gasteiger partial charge in [0.05, 0.1) is 19.9 Å². The summed E-state index contributed by atoms with van der Waals surface area (Å²) in [7, 11) is 3.29. The molecule has 0 unspecified atom stereocenters. The van der Waals surface area contributed by atoms with Gasteiger partial charge in [-0.3, -0.25) is 4.90 Å². The molecule has 0 spiro atoms. The van der Waals surface area contributed by atoms with E-state index in [2.05, 4.69) is 28.1 Å². The molecule has 1 aliphatic rings. The highest BCUT2D eigenvalue weighted by atomic mass is 16.5. The maximum atomic E-state index is 5.51. The van der Waals surface area contributed by atoms with Crippen molar-refractivity contribution in [2.45, 2.75) is 20.8 Å². The van der Waals surface area contributed by atoms with Crippen molar-refractivity contribution in [3.05, 3.63) is 35.7 Å². The van der Waals surface area contributed by atoms with Crippen LogP contribution in [0.25, 0.3) is 16.8 Å². The zero-order chi connectivity index (χ0) is 22.7. The Kier molecular flexibility index (Phi) is 6.81. The van der Waals surface area contributed by atoms with E-state index >= 15 is 0 Å². The van der Waals surface area contributed by atoms with Gasteiger partial charge in [-0.05, 0) is 38.1 Å². The van der Waals surface area contributed by atoms with E-state index in [9.17, 15) is 0 Å². The van der Waals surface area contributed by atoms with Crippen LogP contribution in [0.1, 0.15) is 18.3 Å². The zero-order valence-electron chi connectivity index (χ0n) is 19.8. The molecule has 2 aromatic heterocycles. The molecule has 0 amide bonds. The third kappa shape index (κ3) is 4.52. The number of anilines is 1. The van der Waals surface area contributed by atoms with E-state index in [1.807, 2.05) is 36.6 Å². The number of benzene rings is 1. The number of fused-ring (bicyclic) bond motifs is 1. The summed E-state index contributed by atoms with van der Waals surface area (Å²) in [5.41, 5.74) is 4.74. The quantitative estimate of drug-likeness (QED) is 0.580. The van der Waals surface area contributed by atoms with Gasteiger partial charge >= 0.3 is 0 Å². The molecule has 172 valence electrons. The Morgan fingerprint density at radius 1 is 0.969 bits per heavy atom. The normalized spacial score (nSPS) is 15.3. The average molecular weight is 439 g/mol. The van der Waals surface area contributed by atoms with Gasteiger partial charge in [-0.1, -0.05) is 13.0 Å². The lowest BCUT2D eigenvalue weighted by molar-refractivity contribution is 0.141. The van der Waals surface area contributed by atoms with Crippen molar-refractivity contribution in [2.75, 3.05) is 65.3 Å². The molecule has 0 atom stereocenters. The first kappa shape index (κ1) is 22.4. The summed E-state index contributed by atoms with van der Waals surface area (Å²) in [4.78, 5) is 9.84. The number of rotatable bonds is 8. The minimum absolute atomic E-state index is 0.693. The van der Waals surface area contributed by atoms with Gasteiger partial charge in [-0.15, -0.1) is 0 Å². The Hall–Kier alpha value is -2.84. The topological polar surface area (TPSA) is 67.2 Å². The van der Waals surface area contributed by atoms with E-state index in [-0.39, 0.29) is 0 Å². The van der Waals surface area contributed by atoms with Crippen molar-refractivity contribution in [3.8, 4) is 22.6 Å². The van der Waals surface area contributed by atoms with Crippen molar-refractivity contribution in [3.63, 3.8) is 0 Å². The molecule has 32 heavy (non-hydrogen) atoms. The summed E-state index contributed by atoms with van der Waals surface area (Å²) in [6, 6.07) is 7.99. The van der Waals surface area contributed by atoms with Crippen LogP contribution in [0, 0.1) is 13.8 Å². The summed E-state index contributed by atoms with van der Waals surface area (Å²) in [6.45, 7) is 13.9. The summed E-state index contributed by atoms with van der Waals surface area (Å²) in [5.74, 6) is 2.36. The molecular weight excluding hydrogens is 404 g/mol.